The molecule has 0 aromatic rings. The summed E-state index contributed by atoms with van der Waals surface area (Å²) < 4.78 is 46.4. The van der Waals surface area contributed by atoms with Crippen LogP contribution in [0.15, 0.2) is 0 Å². The first kappa shape index (κ1) is 19.9. The van der Waals surface area contributed by atoms with E-state index < -0.39 is 16.1 Å². The molecule has 0 nitrogen and oxygen atoms in total. The zero-order valence-corrected chi connectivity index (χ0v) is 22.7. The molecule has 1 rings (SSSR count). The van der Waals surface area contributed by atoms with Gasteiger partial charge in [0.25, 0.3) is 0 Å². The topological polar surface area (TPSA) is 0 Å². The van der Waals surface area contributed by atoms with Crippen LogP contribution in [0.1, 0.15) is 121 Å². The van der Waals surface area contributed by atoms with Crippen LogP contribution in [0.3, 0.4) is 0 Å². The van der Waals surface area contributed by atoms with E-state index in [1.54, 1.807) is 0 Å². The quantitative estimate of drug-likeness (QED) is 0.177. The van der Waals surface area contributed by atoms with Crippen LogP contribution < -0.4 is 0 Å². The lowest BCUT2D eigenvalue weighted by atomic mass is 9.95. The van der Waals surface area contributed by atoms with Gasteiger partial charge in [-0.3, -0.25) is 0 Å². The molecular formula is C28H60Si2. The van der Waals surface area contributed by atoms with E-state index in [-0.39, 0.29) is 0 Å². The second kappa shape index (κ2) is 15.3. The van der Waals surface area contributed by atoms with Crippen LogP contribution >= 0.6 is 0 Å². The Morgan fingerprint density at radius 2 is 0.967 bits per heavy atom. The van der Waals surface area contributed by atoms with E-state index in [9.17, 15) is 0 Å². The Hall–Kier alpha value is 0.434. The Labute approximate surface area is 203 Å². The van der Waals surface area contributed by atoms with Crippen molar-refractivity contribution in [3.8, 4) is 0 Å². The molecule has 30 heavy (non-hydrogen) atoms. The average Bonchev–Trinajstić information content (AvgIpc) is 3.26. The molecule has 0 aromatic carbocycles. The van der Waals surface area contributed by atoms with E-state index in [0.29, 0.717) is 41.4 Å². The van der Waals surface area contributed by atoms with Gasteiger partial charge in [-0.2, -0.15) is 0 Å². The van der Waals surface area contributed by atoms with Crippen LogP contribution in [0.5, 0.6) is 0 Å². The van der Waals surface area contributed by atoms with Gasteiger partial charge in [-0.05, 0) is 30.6 Å². The van der Waals surface area contributed by atoms with Crippen molar-refractivity contribution in [2.45, 2.75) is 161 Å². The van der Waals surface area contributed by atoms with Crippen molar-refractivity contribution in [2.75, 3.05) is 0 Å². The van der Waals surface area contributed by atoms with Gasteiger partial charge < -0.3 is 0 Å². The lowest BCUT2D eigenvalue weighted by Gasteiger charge is -2.33. The van der Waals surface area contributed by atoms with E-state index in [1.807, 2.05) is 0 Å². The molecule has 0 radical (unpaired) electrons. The standard InChI is InChI=1S/C28H60Si2/c1-8-16-29(17-9-2,18-10-3)22-14-27-24-26(7)28(25-27)15-23-30(19-11-4,20-12-5)21-13-6/h26-28H,8-25H2,1-7H3/i1T,2T,3T,4T,5T,6T. The first-order chi connectivity index (χ1) is 17.4. The van der Waals surface area contributed by atoms with Crippen LogP contribution in [0.2, 0.25) is 48.4 Å². The molecule has 0 heterocycles. The molecule has 0 N–H and O–H groups in total. The van der Waals surface area contributed by atoms with Crippen LogP contribution in [0.4, 0.5) is 0 Å². The van der Waals surface area contributed by atoms with Gasteiger partial charge in [0.15, 0.2) is 0 Å². The maximum Gasteiger partial charge on any atom is 0.0535 e. The molecule has 3 unspecified atom stereocenters. The zero-order valence-electron chi connectivity index (χ0n) is 26.7. The maximum atomic E-state index is 7.74. The highest BCUT2D eigenvalue weighted by molar-refractivity contribution is 6.80. The van der Waals surface area contributed by atoms with Crippen molar-refractivity contribution < 1.29 is 8.22 Å². The molecule has 3 atom stereocenters. The third-order valence-electron chi connectivity index (χ3n) is 8.52. The SMILES string of the molecule is [3H]CCC[Si](CCC[3H])(CCC[3H])CCC1CC(C)C(CC[Si](CCC[3H])(CCC[3H])CCC[3H])C1. The number of rotatable bonds is 18. The van der Waals surface area contributed by atoms with Gasteiger partial charge in [0.2, 0.25) is 0 Å². The molecular weight excluding hydrogens is 392 g/mol. The van der Waals surface area contributed by atoms with Gasteiger partial charge in [-0.15, -0.1) is 0 Å². The highest BCUT2D eigenvalue weighted by Crippen LogP contribution is 2.45. The van der Waals surface area contributed by atoms with Crippen LogP contribution in [-0.4, -0.2) is 16.1 Å². The molecule has 0 spiro atoms. The lowest BCUT2D eigenvalue weighted by Crippen LogP contribution is -2.34. The molecule has 0 bridgehead atoms. The largest absolute Gasteiger partial charge is 0.0657 e. The van der Waals surface area contributed by atoms with Crippen LogP contribution in [-0.2, 0) is 0 Å². The fourth-order valence-corrected chi connectivity index (χ4v) is 16.4. The molecule has 0 amide bonds. The van der Waals surface area contributed by atoms with Gasteiger partial charge in [0.05, 0.1) is 16.1 Å². The van der Waals surface area contributed by atoms with Crippen molar-refractivity contribution in [2.24, 2.45) is 17.8 Å². The van der Waals surface area contributed by atoms with Crippen LogP contribution in [0.25, 0.3) is 0 Å². The summed E-state index contributed by atoms with van der Waals surface area (Å²) >= 11 is 0. The first-order valence-electron chi connectivity index (χ1n) is 17.4. The van der Waals surface area contributed by atoms with Crippen LogP contribution in [0, 0.1) is 17.8 Å². The summed E-state index contributed by atoms with van der Waals surface area (Å²) in [6, 6.07) is 10.2. The number of hydrogen-bond donors (Lipinski definition) is 0. The summed E-state index contributed by atoms with van der Waals surface area (Å²) in [5.41, 5.74) is 0. The summed E-state index contributed by atoms with van der Waals surface area (Å²) in [6.45, 7) is 5.68. The van der Waals surface area contributed by atoms with Crippen molar-refractivity contribution in [1.82, 2.24) is 0 Å². The summed E-state index contributed by atoms with van der Waals surface area (Å²) in [5.74, 6) is 2.47. The van der Waals surface area contributed by atoms with Gasteiger partial charge in [0.1, 0.15) is 0 Å². The third kappa shape index (κ3) is 9.12. The molecule has 1 fully saturated rings. The molecule has 0 aromatic heterocycles. The monoisotopic (exact) mass is 464 g/mol. The molecule has 0 saturated heterocycles. The minimum atomic E-state index is -1.48. The van der Waals surface area contributed by atoms with E-state index in [4.69, 9.17) is 8.22 Å². The molecule has 1 aliphatic carbocycles. The molecule has 1 saturated carbocycles. The predicted molar refractivity (Wildman–Crippen MR) is 146 cm³/mol. The Kier molecular flexibility index (Phi) is 10.1. The molecule has 180 valence electrons. The van der Waals surface area contributed by atoms with Crippen molar-refractivity contribution in [3.05, 3.63) is 0 Å². The molecule has 0 aliphatic heterocycles. The second-order valence-electron chi connectivity index (χ2n) is 10.8. The predicted octanol–water partition coefficient (Wildman–Crippen LogP) is 10.8. The van der Waals surface area contributed by atoms with Crippen molar-refractivity contribution >= 4 is 16.1 Å². The summed E-state index contributed by atoms with van der Waals surface area (Å²) in [6.07, 6.45) is 11.6. The summed E-state index contributed by atoms with van der Waals surface area (Å²) in [7, 11) is -2.95. The smallest absolute Gasteiger partial charge is 0.0535 e. The van der Waals surface area contributed by atoms with Crippen molar-refractivity contribution in [1.29, 1.82) is 0 Å². The van der Waals surface area contributed by atoms with Gasteiger partial charge >= 0.3 is 0 Å². The minimum absolute atomic E-state index is 0.532. The maximum absolute atomic E-state index is 7.74. The molecule has 2 heteroatoms. The number of hydrogen-bond acceptors (Lipinski definition) is 0. The second-order valence-corrected chi connectivity index (χ2v) is 20.8. The minimum Gasteiger partial charge on any atom is -0.0657 e. The van der Waals surface area contributed by atoms with E-state index in [1.165, 1.54) is 74.0 Å². The normalized spacial score (nSPS) is 25.3. The summed E-state index contributed by atoms with van der Waals surface area (Å²) in [5, 5.41) is 0. The van der Waals surface area contributed by atoms with Gasteiger partial charge in [-0.25, -0.2) is 0 Å². The Balaban J connectivity index is 2.78. The summed E-state index contributed by atoms with van der Waals surface area (Å²) in [4.78, 5) is 0. The zero-order chi connectivity index (χ0) is 26.7. The Morgan fingerprint density at radius 1 is 0.567 bits per heavy atom. The van der Waals surface area contributed by atoms with Gasteiger partial charge in [0, 0.05) is 8.22 Å². The fraction of sp³-hybridized carbons (Fsp3) is 1.00. The van der Waals surface area contributed by atoms with E-state index >= 15 is 0 Å². The third-order valence-corrected chi connectivity index (χ3v) is 19.7. The van der Waals surface area contributed by atoms with E-state index in [2.05, 4.69) is 6.92 Å². The molecule has 1 aliphatic rings. The van der Waals surface area contributed by atoms with Crippen molar-refractivity contribution in [3.63, 3.8) is 0 Å². The Morgan fingerprint density at radius 3 is 1.37 bits per heavy atom. The first-order valence-corrected chi connectivity index (χ1v) is 18.8. The van der Waals surface area contributed by atoms with Gasteiger partial charge in [-0.1, -0.05) is 148 Å². The highest BCUT2D eigenvalue weighted by Gasteiger charge is 2.37. The Bertz CT molecular complexity index is 481. The highest BCUT2D eigenvalue weighted by atomic mass is 28.3. The fourth-order valence-electron chi connectivity index (χ4n) is 6.86. The lowest BCUT2D eigenvalue weighted by molar-refractivity contribution is 0.403. The average molecular weight is 465 g/mol. The van der Waals surface area contributed by atoms with E-state index in [0.717, 1.165) is 56.3 Å².